The van der Waals surface area contributed by atoms with Crippen LogP contribution in [0.5, 0.6) is 17.2 Å². The van der Waals surface area contributed by atoms with E-state index in [1.165, 1.54) is 44.8 Å². The Kier molecular flexibility index (Phi) is 7.19. The molecule has 1 amide bonds. The number of benzene rings is 2. The van der Waals surface area contributed by atoms with E-state index in [0.29, 0.717) is 32.6 Å². The van der Waals surface area contributed by atoms with Gasteiger partial charge in [0, 0.05) is 5.56 Å². The Balaban J connectivity index is 2.15. The van der Waals surface area contributed by atoms with Gasteiger partial charge in [0.1, 0.15) is 6.54 Å². The highest BCUT2D eigenvalue weighted by atomic mass is 35.5. The molecule has 0 aliphatic heterocycles. The van der Waals surface area contributed by atoms with Crippen molar-refractivity contribution in [2.24, 2.45) is 4.99 Å². The van der Waals surface area contributed by atoms with Crippen LogP contribution in [0.4, 0.5) is 0 Å². The number of hydrogen-bond acceptors (Lipinski definition) is 7. The Bertz CT molecular complexity index is 1180. The monoisotopic (exact) mass is 464 g/mol. The smallest absolute Gasteiger partial charge is 0.326 e. The molecule has 0 radical (unpaired) electrons. The van der Waals surface area contributed by atoms with Crippen LogP contribution in [-0.2, 0) is 16.1 Å². The molecule has 1 aromatic heterocycles. The standard InChI is InChI=1S/C21H21ClN2O6S/c1-5-30-17(25)11-24-18-13(22)7-6-8-16(18)31-21(24)23-20(26)12-9-14(27-2)19(29-4)15(10-12)28-3/h6-10H,5,11H2,1-4H3. The van der Waals surface area contributed by atoms with Crippen molar-refractivity contribution >= 4 is 45.0 Å². The second-order valence-electron chi connectivity index (χ2n) is 6.19. The summed E-state index contributed by atoms with van der Waals surface area (Å²) >= 11 is 7.61. The van der Waals surface area contributed by atoms with Crippen molar-refractivity contribution in [3.63, 3.8) is 0 Å². The lowest BCUT2D eigenvalue weighted by atomic mass is 10.1. The quantitative estimate of drug-likeness (QED) is 0.495. The number of ether oxygens (including phenoxy) is 4. The van der Waals surface area contributed by atoms with E-state index in [0.717, 1.165) is 4.70 Å². The summed E-state index contributed by atoms with van der Waals surface area (Å²) in [5.74, 6) is 0.0364. The van der Waals surface area contributed by atoms with Crippen LogP contribution in [-0.4, -0.2) is 44.4 Å². The van der Waals surface area contributed by atoms with Crippen LogP contribution in [0, 0.1) is 0 Å². The number of rotatable bonds is 7. The van der Waals surface area contributed by atoms with Gasteiger partial charge in [-0.25, -0.2) is 0 Å². The summed E-state index contributed by atoms with van der Waals surface area (Å²) in [6.45, 7) is 1.84. The molecule has 8 nitrogen and oxygen atoms in total. The van der Waals surface area contributed by atoms with Gasteiger partial charge in [0.05, 0.1) is 43.2 Å². The van der Waals surface area contributed by atoms with E-state index in [1.807, 2.05) is 6.07 Å². The lowest BCUT2D eigenvalue weighted by Gasteiger charge is -2.12. The first kappa shape index (κ1) is 22.6. The van der Waals surface area contributed by atoms with Gasteiger partial charge in [-0.3, -0.25) is 9.59 Å². The Labute approximate surface area is 187 Å². The fourth-order valence-corrected chi connectivity index (χ4v) is 4.40. The average molecular weight is 465 g/mol. The molecule has 0 aliphatic rings. The van der Waals surface area contributed by atoms with Crippen LogP contribution in [0.2, 0.25) is 5.02 Å². The maximum absolute atomic E-state index is 13.0. The largest absolute Gasteiger partial charge is 0.493 e. The SMILES string of the molecule is CCOC(=O)Cn1c(=NC(=O)c2cc(OC)c(OC)c(OC)c2)sc2cccc(Cl)c21. The summed E-state index contributed by atoms with van der Waals surface area (Å²) in [5, 5.41) is 0.444. The van der Waals surface area contributed by atoms with Crippen molar-refractivity contribution in [1.29, 1.82) is 0 Å². The Morgan fingerprint density at radius 3 is 2.35 bits per heavy atom. The van der Waals surface area contributed by atoms with E-state index in [9.17, 15) is 9.59 Å². The van der Waals surface area contributed by atoms with Crippen molar-refractivity contribution in [2.45, 2.75) is 13.5 Å². The summed E-state index contributed by atoms with van der Waals surface area (Å²) < 4.78 is 23.3. The molecule has 2 aromatic carbocycles. The molecule has 31 heavy (non-hydrogen) atoms. The van der Waals surface area contributed by atoms with Gasteiger partial charge in [0.15, 0.2) is 16.3 Å². The number of hydrogen-bond donors (Lipinski definition) is 0. The molecule has 0 unspecified atom stereocenters. The number of carbonyl (C=O) groups is 2. The third kappa shape index (κ3) is 4.67. The van der Waals surface area contributed by atoms with Gasteiger partial charge in [0.25, 0.3) is 5.91 Å². The molecule has 0 saturated carbocycles. The van der Waals surface area contributed by atoms with Crippen molar-refractivity contribution in [3.05, 3.63) is 45.7 Å². The van der Waals surface area contributed by atoms with E-state index in [4.69, 9.17) is 30.5 Å². The fourth-order valence-electron chi connectivity index (χ4n) is 3.01. The number of amides is 1. The second kappa shape index (κ2) is 9.84. The molecular weight excluding hydrogens is 444 g/mol. The lowest BCUT2D eigenvalue weighted by Crippen LogP contribution is -2.23. The van der Waals surface area contributed by atoms with Gasteiger partial charge in [-0.15, -0.1) is 0 Å². The van der Waals surface area contributed by atoms with E-state index < -0.39 is 11.9 Å². The van der Waals surface area contributed by atoms with Crippen molar-refractivity contribution in [1.82, 2.24) is 4.57 Å². The molecule has 0 saturated heterocycles. The third-order valence-corrected chi connectivity index (χ3v) is 5.70. The predicted octanol–water partition coefficient (Wildman–Crippen LogP) is 3.69. The normalized spacial score (nSPS) is 11.5. The van der Waals surface area contributed by atoms with E-state index >= 15 is 0 Å². The highest BCUT2D eigenvalue weighted by Crippen LogP contribution is 2.38. The van der Waals surface area contributed by atoms with Gasteiger partial charge in [-0.2, -0.15) is 4.99 Å². The summed E-state index contributed by atoms with van der Waals surface area (Å²) in [6, 6.07) is 8.38. The minimum atomic E-state index is -0.542. The topological polar surface area (TPSA) is 88.4 Å². The lowest BCUT2D eigenvalue weighted by molar-refractivity contribution is -0.143. The molecule has 3 aromatic rings. The van der Waals surface area contributed by atoms with Crippen molar-refractivity contribution in [2.75, 3.05) is 27.9 Å². The molecule has 0 N–H and O–H groups in total. The van der Waals surface area contributed by atoms with Gasteiger partial charge in [-0.05, 0) is 31.2 Å². The summed E-state index contributed by atoms with van der Waals surface area (Å²) in [5.41, 5.74) is 0.847. The second-order valence-corrected chi connectivity index (χ2v) is 7.61. The van der Waals surface area contributed by atoms with Gasteiger partial charge in [0.2, 0.25) is 5.75 Å². The van der Waals surface area contributed by atoms with E-state index in [1.54, 1.807) is 23.6 Å². The zero-order chi connectivity index (χ0) is 22.5. The highest BCUT2D eigenvalue weighted by Gasteiger charge is 2.18. The summed E-state index contributed by atoms with van der Waals surface area (Å²) in [6.07, 6.45) is 0. The van der Waals surface area contributed by atoms with Crippen molar-refractivity contribution < 1.29 is 28.5 Å². The number of para-hydroxylation sites is 1. The fraction of sp³-hybridized carbons (Fsp3) is 0.286. The number of carbonyl (C=O) groups excluding carboxylic acids is 2. The summed E-state index contributed by atoms with van der Waals surface area (Å²) in [4.78, 5) is 29.7. The first-order chi connectivity index (χ1) is 14.9. The minimum Gasteiger partial charge on any atom is -0.493 e. The zero-order valence-electron chi connectivity index (χ0n) is 17.4. The number of esters is 1. The summed E-state index contributed by atoms with van der Waals surface area (Å²) in [7, 11) is 4.40. The highest BCUT2D eigenvalue weighted by molar-refractivity contribution is 7.16. The van der Waals surface area contributed by atoms with Crippen LogP contribution in [0.25, 0.3) is 10.2 Å². The Morgan fingerprint density at radius 1 is 1.10 bits per heavy atom. The van der Waals surface area contributed by atoms with Crippen molar-refractivity contribution in [3.8, 4) is 17.2 Å². The molecule has 0 fully saturated rings. The predicted molar refractivity (Wildman–Crippen MR) is 117 cm³/mol. The molecular formula is C21H21ClN2O6S. The number of halogens is 1. The first-order valence-electron chi connectivity index (χ1n) is 9.26. The molecule has 0 bridgehead atoms. The number of aromatic nitrogens is 1. The Hall–Kier alpha value is -3.04. The maximum Gasteiger partial charge on any atom is 0.326 e. The first-order valence-corrected chi connectivity index (χ1v) is 10.4. The third-order valence-electron chi connectivity index (χ3n) is 4.35. The van der Waals surface area contributed by atoms with Gasteiger partial charge >= 0.3 is 5.97 Å². The molecule has 3 rings (SSSR count). The maximum atomic E-state index is 13.0. The number of nitrogens with zero attached hydrogens (tertiary/aromatic N) is 2. The number of methoxy groups -OCH3 is 3. The van der Waals surface area contributed by atoms with Crippen LogP contribution < -0.4 is 19.0 Å². The number of fused-ring (bicyclic) bond motifs is 1. The van der Waals surface area contributed by atoms with Crippen LogP contribution >= 0.6 is 22.9 Å². The van der Waals surface area contributed by atoms with Crippen LogP contribution in [0.1, 0.15) is 17.3 Å². The number of thiazole rings is 1. The molecule has 0 aliphatic carbocycles. The molecule has 1 heterocycles. The molecule has 0 atom stereocenters. The molecule has 0 spiro atoms. The van der Waals surface area contributed by atoms with Crippen LogP contribution in [0.3, 0.4) is 0 Å². The molecule has 10 heteroatoms. The average Bonchev–Trinajstić information content (AvgIpc) is 3.10. The van der Waals surface area contributed by atoms with E-state index in [-0.39, 0.29) is 18.7 Å². The van der Waals surface area contributed by atoms with Gasteiger partial charge < -0.3 is 23.5 Å². The zero-order valence-corrected chi connectivity index (χ0v) is 19.0. The molecule has 164 valence electrons. The van der Waals surface area contributed by atoms with Gasteiger partial charge in [-0.1, -0.05) is 29.0 Å². The Morgan fingerprint density at radius 2 is 1.77 bits per heavy atom. The minimum absolute atomic E-state index is 0.126. The van der Waals surface area contributed by atoms with Crippen LogP contribution in [0.15, 0.2) is 35.3 Å². The van der Waals surface area contributed by atoms with E-state index in [2.05, 4.69) is 4.99 Å².